The van der Waals surface area contributed by atoms with Crippen molar-refractivity contribution in [1.29, 1.82) is 0 Å². The van der Waals surface area contributed by atoms with E-state index in [1.807, 2.05) is 0 Å². The van der Waals surface area contributed by atoms with Crippen LogP contribution < -0.4 is 0 Å². The molecule has 2 nitrogen and oxygen atoms in total. The normalized spacial score (nSPS) is 22.7. The van der Waals surface area contributed by atoms with Crippen molar-refractivity contribution < 1.29 is 0 Å². The van der Waals surface area contributed by atoms with Gasteiger partial charge in [-0.05, 0) is 47.5 Å². The lowest BCUT2D eigenvalue weighted by molar-refractivity contribution is 0.844. The fourth-order valence-corrected chi connectivity index (χ4v) is 11.4. The highest BCUT2D eigenvalue weighted by Gasteiger charge is 2.41. The molecule has 4 atom stereocenters. The molecule has 0 bridgehead atoms. The zero-order chi connectivity index (χ0) is 29.9. The Hall–Kier alpha value is -4.64. The van der Waals surface area contributed by atoms with Crippen molar-refractivity contribution in [2.75, 3.05) is 0 Å². The third kappa shape index (κ3) is 3.41. The Balaban J connectivity index is 1.01. The number of fused-ring (bicyclic) bond motifs is 13. The van der Waals surface area contributed by atoms with Crippen LogP contribution in [-0.2, 0) is 0 Å². The minimum absolute atomic E-state index is 0.368. The third-order valence-corrected chi connectivity index (χ3v) is 13.3. The van der Waals surface area contributed by atoms with Gasteiger partial charge in [0.25, 0.3) is 0 Å². The number of aromatic nitrogens is 2. The molecule has 5 aromatic carbocycles. The maximum atomic E-state index is 2.53. The molecule has 2 aliphatic carbocycles. The van der Waals surface area contributed by atoms with Crippen LogP contribution in [0.4, 0.5) is 0 Å². The maximum absolute atomic E-state index is 2.53. The summed E-state index contributed by atoms with van der Waals surface area (Å²) in [6.07, 6.45) is 14.7. The monoisotopic (exact) mass is 624 g/mol. The lowest BCUT2D eigenvalue weighted by Crippen LogP contribution is -2.12. The third-order valence-electron chi connectivity index (χ3n) is 10.4. The summed E-state index contributed by atoms with van der Waals surface area (Å²) in [7, 11) is 0. The number of benzene rings is 5. The number of nitrogens with zero attached hydrogens (tertiary/aromatic N) is 2. The molecule has 0 saturated carbocycles. The van der Waals surface area contributed by atoms with E-state index in [0.29, 0.717) is 22.3 Å². The van der Waals surface area contributed by atoms with E-state index in [4.69, 9.17) is 0 Å². The molecule has 4 heterocycles. The van der Waals surface area contributed by atoms with Gasteiger partial charge < -0.3 is 9.13 Å². The predicted octanol–water partition coefficient (Wildman–Crippen LogP) is 11.2. The van der Waals surface area contributed by atoms with Crippen LogP contribution in [0.25, 0.3) is 55.0 Å². The molecule has 4 heteroatoms. The first-order valence-corrected chi connectivity index (χ1v) is 17.8. The number of allylic oxidation sites excluding steroid dienone is 6. The molecule has 0 radical (unpaired) electrons. The van der Waals surface area contributed by atoms with E-state index in [1.165, 1.54) is 75.9 Å². The summed E-state index contributed by atoms with van der Waals surface area (Å²) < 4.78 is 4.92. The fraction of sp³-hybridized carbons (Fsp3) is 0.0952. The smallest absolute Gasteiger partial charge is 0.0540 e. The standard InChI is InChI=1S/C42H28N2S2/c1-5-13-35-27(9-1)28-10-2-6-14-36(28)43(35)25-17-21-39-33(23-25)31-19-20-32-34-24-26(18-22-40(34)46-42(32)41(31)45-39)44-37-15-7-3-11-29(37)30-12-4-8-16-38(30)44/h1-24,33-34,39-40H. The van der Waals surface area contributed by atoms with Gasteiger partial charge in [-0.2, -0.15) is 0 Å². The van der Waals surface area contributed by atoms with Crippen LogP contribution in [-0.4, -0.2) is 19.6 Å². The van der Waals surface area contributed by atoms with E-state index in [2.05, 4.69) is 178 Å². The highest BCUT2D eigenvalue weighted by Crippen LogP contribution is 2.59. The zero-order valence-electron chi connectivity index (χ0n) is 24.9. The molecular formula is C42H28N2S2. The van der Waals surface area contributed by atoms with Crippen molar-refractivity contribution in [1.82, 2.24) is 9.13 Å². The summed E-state index contributed by atoms with van der Waals surface area (Å²) in [6.45, 7) is 0. The van der Waals surface area contributed by atoms with E-state index < -0.39 is 0 Å². The molecule has 11 rings (SSSR count). The molecule has 0 saturated heterocycles. The van der Waals surface area contributed by atoms with Crippen LogP contribution in [0.1, 0.15) is 23.0 Å². The molecule has 46 heavy (non-hydrogen) atoms. The molecule has 218 valence electrons. The first kappa shape index (κ1) is 25.5. The second kappa shape index (κ2) is 9.45. The number of hydrogen-bond acceptors (Lipinski definition) is 2. The molecule has 0 N–H and O–H groups in total. The Bertz CT molecular complexity index is 2290. The second-order valence-corrected chi connectivity index (χ2v) is 15.1. The molecule has 0 amide bonds. The second-order valence-electron chi connectivity index (χ2n) is 12.8. The van der Waals surface area contributed by atoms with Crippen molar-refractivity contribution in [2.45, 2.75) is 32.1 Å². The Morgan fingerprint density at radius 1 is 0.413 bits per heavy atom. The number of thioether (sulfide) groups is 2. The topological polar surface area (TPSA) is 9.86 Å². The SMILES string of the molecule is C1=CC2Sc3c(ccc4c3SC3C=CC(n5c6ccccc6c6ccccc65)=CC43)C2C=C1n1c2ccccc2c2ccccc21. The quantitative estimate of drug-likeness (QED) is 0.189. The molecular weight excluding hydrogens is 597 g/mol. The van der Waals surface area contributed by atoms with Gasteiger partial charge in [-0.25, -0.2) is 0 Å². The fourth-order valence-electron chi connectivity index (χ4n) is 8.39. The predicted molar refractivity (Wildman–Crippen MR) is 197 cm³/mol. The average molecular weight is 625 g/mol. The van der Waals surface area contributed by atoms with Crippen molar-refractivity contribution in [3.05, 3.63) is 157 Å². The minimum atomic E-state index is 0.368. The Morgan fingerprint density at radius 3 is 1.13 bits per heavy atom. The van der Waals surface area contributed by atoms with Crippen molar-refractivity contribution in [3.63, 3.8) is 0 Å². The van der Waals surface area contributed by atoms with Crippen LogP contribution >= 0.6 is 23.5 Å². The Kier molecular flexibility index (Phi) is 5.24. The van der Waals surface area contributed by atoms with Gasteiger partial charge in [0.05, 0.1) is 22.1 Å². The summed E-state index contributed by atoms with van der Waals surface area (Å²) >= 11 is 4.14. The number of hydrogen-bond donors (Lipinski definition) is 0. The van der Waals surface area contributed by atoms with Gasteiger partial charge in [0.15, 0.2) is 0 Å². The minimum Gasteiger partial charge on any atom is -0.310 e. The summed E-state index contributed by atoms with van der Waals surface area (Å²) in [4.78, 5) is 2.99. The van der Waals surface area contributed by atoms with Crippen molar-refractivity contribution >= 4 is 78.5 Å². The van der Waals surface area contributed by atoms with Crippen LogP contribution in [0.3, 0.4) is 0 Å². The number of para-hydroxylation sites is 4. The van der Waals surface area contributed by atoms with E-state index >= 15 is 0 Å². The molecule has 0 fully saturated rings. The van der Waals surface area contributed by atoms with Gasteiger partial charge in [0.1, 0.15) is 0 Å². The van der Waals surface area contributed by atoms with Crippen LogP contribution in [0, 0.1) is 0 Å². The molecule has 4 unspecified atom stereocenters. The van der Waals surface area contributed by atoms with Gasteiger partial charge in [-0.1, -0.05) is 109 Å². The molecule has 4 aliphatic rings. The molecule has 0 spiro atoms. The van der Waals surface area contributed by atoms with Crippen LogP contribution in [0.5, 0.6) is 0 Å². The summed E-state index contributed by atoms with van der Waals surface area (Å²) in [5.41, 5.74) is 10.6. The largest absolute Gasteiger partial charge is 0.310 e. The highest BCUT2D eigenvalue weighted by molar-refractivity contribution is 8.03. The molecule has 7 aromatic rings. The van der Waals surface area contributed by atoms with Gasteiger partial charge in [-0.15, -0.1) is 23.5 Å². The Labute approximate surface area is 275 Å². The summed E-state index contributed by atoms with van der Waals surface area (Å²) in [5.74, 6) is 0.736. The van der Waals surface area contributed by atoms with E-state index in [1.54, 1.807) is 0 Å². The van der Waals surface area contributed by atoms with Gasteiger partial charge in [-0.3, -0.25) is 0 Å². The van der Waals surface area contributed by atoms with Crippen LogP contribution in [0.15, 0.2) is 155 Å². The van der Waals surface area contributed by atoms with Crippen molar-refractivity contribution in [2.24, 2.45) is 0 Å². The summed E-state index contributed by atoms with van der Waals surface area (Å²) in [5, 5.41) is 6.12. The lowest BCUT2D eigenvalue weighted by Gasteiger charge is -2.21. The summed E-state index contributed by atoms with van der Waals surface area (Å²) in [6, 6.07) is 40.1. The van der Waals surface area contributed by atoms with Crippen molar-refractivity contribution in [3.8, 4) is 0 Å². The van der Waals surface area contributed by atoms with E-state index in [9.17, 15) is 0 Å². The van der Waals surface area contributed by atoms with Gasteiger partial charge >= 0.3 is 0 Å². The van der Waals surface area contributed by atoms with Gasteiger partial charge in [0.2, 0.25) is 0 Å². The molecule has 2 aromatic heterocycles. The first-order chi connectivity index (χ1) is 22.8. The average Bonchev–Trinajstić information content (AvgIpc) is 3.85. The number of rotatable bonds is 2. The lowest BCUT2D eigenvalue weighted by atomic mass is 9.87. The van der Waals surface area contributed by atoms with E-state index in [-0.39, 0.29) is 0 Å². The molecule has 2 aliphatic heterocycles. The van der Waals surface area contributed by atoms with Crippen LogP contribution in [0.2, 0.25) is 0 Å². The Morgan fingerprint density at radius 2 is 0.761 bits per heavy atom. The maximum Gasteiger partial charge on any atom is 0.0540 e. The van der Waals surface area contributed by atoms with E-state index in [0.717, 1.165) is 0 Å². The first-order valence-electron chi connectivity index (χ1n) is 16.1. The van der Waals surface area contributed by atoms with Gasteiger partial charge in [0, 0.05) is 65.1 Å². The zero-order valence-corrected chi connectivity index (χ0v) is 26.5. The highest BCUT2D eigenvalue weighted by atomic mass is 32.2.